The third-order valence-corrected chi connectivity index (χ3v) is 6.58. The van der Waals surface area contributed by atoms with Crippen molar-refractivity contribution in [3.05, 3.63) is 0 Å². The lowest BCUT2D eigenvalue weighted by Crippen LogP contribution is -2.56. The fraction of sp³-hybridized carbons (Fsp3) is 0.933. The van der Waals surface area contributed by atoms with Crippen LogP contribution in [0.1, 0.15) is 45.4 Å². The lowest BCUT2D eigenvalue weighted by molar-refractivity contribution is -0.142. The summed E-state index contributed by atoms with van der Waals surface area (Å²) in [6, 6.07) is 0.147. The van der Waals surface area contributed by atoms with Crippen LogP contribution in [0.15, 0.2) is 0 Å². The molecule has 0 aromatic rings. The Morgan fingerprint density at radius 2 is 2.18 bits per heavy atom. The zero-order chi connectivity index (χ0) is 16.2. The Morgan fingerprint density at radius 3 is 2.86 bits per heavy atom. The first-order chi connectivity index (χ1) is 10.4. The number of carbonyl (C=O) groups excluding carboxylic acids is 1. The van der Waals surface area contributed by atoms with Gasteiger partial charge in [0.15, 0.2) is 0 Å². The van der Waals surface area contributed by atoms with E-state index in [2.05, 4.69) is 4.72 Å². The SMILES string of the molecule is CCCS(=O)(=O)NC[C@@]12CCC[C@H]1N(CCOC)C(=O)CC2. The van der Waals surface area contributed by atoms with Crippen molar-refractivity contribution in [3.8, 4) is 0 Å². The van der Waals surface area contributed by atoms with Gasteiger partial charge < -0.3 is 9.64 Å². The Morgan fingerprint density at radius 1 is 1.41 bits per heavy atom. The summed E-state index contributed by atoms with van der Waals surface area (Å²) in [5.74, 6) is 0.344. The molecule has 1 heterocycles. The Bertz CT molecular complexity index is 494. The highest BCUT2D eigenvalue weighted by molar-refractivity contribution is 7.89. The maximum Gasteiger partial charge on any atom is 0.222 e. The predicted octanol–water partition coefficient (Wildman–Crippen LogP) is 1.12. The van der Waals surface area contributed by atoms with Gasteiger partial charge in [-0.05, 0) is 25.7 Å². The van der Waals surface area contributed by atoms with Crippen LogP contribution in [0.3, 0.4) is 0 Å². The molecule has 1 aliphatic carbocycles. The Hall–Kier alpha value is -0.660. The molecule has 2 fully saturated rings. The van der Waals surface area contributed by atoms with Crippen LogP contribution in [0.2, 0.25) is 0 Å². The molecular weight excluding hydrogens is 304 g/mol. The average Bonchev–Trinajstić information content (AvgIpc) is 2.89. The second-order valence-corrected chi connectivity index (χ2v) is 8.42. The minimum absolute atomic E-state index is 0.0948. The van der Waals surface area contributed by atoms with Gasteiger partial charge in [0, 0.05) is 38.1 Å². The van der Waals surface area contributed by atoms with Gasteiger partial charge >= 0.3 is 0 Å². The first-order valence-electron chi connectivity index (χ1n) is 8.20. The highest BCUT2D eigenvalue weighted by Crippen LogP contribution is 2.47. The summed E-state index contributed by atoms with van der Waals surface area (Å²) in [5, 5.41) is 0. The number of likely N-dealkylation sites (tertiary alicyclic amines) is 1. The van der Waals surface area contributed by atoms with Crippen molar-refractivity contribution in [3.63, 3.8) is 0 Å². The third kappa shape index (κ3) is 3.81. The van der Waals surface area contributed by atoms with Gasteiger partial charge in [-0.1, -0.05) is 13.3 Å². The highest BCUT2D eigenvalue weighted by Gasteiger charge is 2.50. The first-order valence-corrected chi connectivity index (χ1v) is 9.85. The molecule has 1 amide bonds. The van der Waals surface area contributed by atoms with Crippen LogP contribution in [0.25, 0.3) is 0 Å². The van der Waals surface area contributed by atoms with Crippen LogP contribution < -0.4 is 4.72 Å². The van der Waals surface area contributed by atoms with E-state index in [1.165, 1.54) is 0 Å². The Balaban J connectivity index is 2.08. The molecule has 0 aromatic carbocycles. The molecule has 2 aliphatic rings. The van der Waals surface area contributed by atoms with Crippen molar-refractivity contribution in [2.45, 2.75) is 51.5 Å². The van der Waals surface area contributed by atoms with Crippen molar-refractivity contribution in [1.82, 2.24) is 9.62 Å². The van der Waals surface area contributed by atoms with Crippen LogP contribution in [0.4, 0.5) is 0 Å². The zero-order valence-electron chi connectivity index (χ0n) is 13.6. The number of fused-ring (bicyclic) bond motifs is 1. The molecule has 1 saturated heterocycles. The number of nitrogens with zero attached hydrogens (tertiary/aromatic N) is 1. The van der Waals surface area contributed by atoms with Crippen LogP contribution in [0, 0.1) is 5.41 Å². The number of amides is 1. The predicted molar refractivity (Wildman–Crippen MR) is 85.0 cm³/mol. The van der Waals surface area contributed by atoms with Crippen LogP contribution in [0.5, 0.6) is 0 Å². The quantitative estimate of drug-likeness (QED) is 0.723. The number of piperidine rings is 1. The number of methoxy groups -OCH3 is 1. The van der Waals surface area contributed by atoms with E-state index in [9.17, 15) is 13.2 Å². The monoisotopic (exact) mass is 332 g/mol. The van der Waals surface area contributed by atoms with E-state index < -0.39 is 10.0 Å². The maximum absolute atomic E-state index is 12.2. The van der Waals surface area contributed by atoms with Crippen molar-refractivity contribution >= 4 is 15.9 Å². The van der Waals surface area contributed by atoms with Gasteiger partial charge in [0.2, 0.25) is 15.9 Å². The third-order valence-electron chi connectivity index (χ3n) is 5.05. The highest BCUT2D eigenvalue weighted by atomic mass is 32.2. The summed E-state index contributed by atoms with van der Waals surface area (Å²) in [5.41, 5.74) is -0.0948. The molecule has 22 heavy (non-hydrogen) atoms. The van der Waals surface area contributed by atoms with Gasteiger partial charge in [-0.2, -0.15) is 0 Å². The summed E-state index contributed by atoms with van der Waals surface area (Å²) in [6.45, 7) is 3.45. The number of rotatable bonds is 8. The van der Waals surface area contributed by atoms with Gasteiger partial charge in [0.25, 0.3) is 0 Å². The molecular formula is C15H28N2O4S. The fourth-order valence-electron chi connectivity index (χ4n) is 3.93. The number of carbonyl (C=O) groups is 1. The van der Waals surface area contributed by atoms with E-state index in [1.807, 2.05) is 11.8 Å². The van der Waals surface area contributed by atoms with E-state index >= 15 is 0 Å². The molecule has 0 unspecified atom stereocenters. The lowest BCUT2D eigenvalue weighted by atomic mass is 9.74. The molecule has 0 radical (unpaired) electrons. The smallest absolute Gasteiger partial charge is 0.222 e. The summed E-state index contributed by atoms with van der Waals surface area (Å²) in [7, 11) is -1.57. The molecule has 2 rings (SSSR count). The molecule has 0 aromatic heterocycles. The van der Waals surface area contributed by atoms with Gasteiger partial charge in [0.1, 0.15) is 0 Å². The standard InChI is InChI=1S/C15H28N2O4S/c1-3-11-22(19,20)16-12-15-7-4-5-13(15)17(9-10-21-2)14(18)6-8-15/h13,16H,3-12H2,1-2H3/t13-,15+/m1/s1. The van der Waals surface area contributed by atoms with E-state index in [1.54, 1.807) is 7.11 Å². The molecule has 6 nitrogen and oxygen atoms in total. The minimum Gasteiger partial charge on any atom is -0.383 e. The van der Waals surface area contributed by atoms with E-state index in [0.717, 1.165) is 25.7 Å². The van der Waals surface area contributed by atoms with Gasteiger partial charge in [0.05, 0.1) is 12.4 Å². The second kappa shape index (κ2) is 7.27. The summed E-state index contributed by atoms with van der Waals surface area (Å²) < 4.78 is 31.8. The normalized spacial score (nSPS) is 28.9. The number of hydrogen-bond donors (Lipinski definition) is 1. The van der Waals surface area contributed by atoms with E-state index in [-0.39, 0.29) is 23.1 Å². The van der Waals surface area contributed by atoms with E-state index in [4.69, 9.17) is 4.74 Å². The van der Waals surface area contributed by atoms with Crippen molar-refractivity contribution in [2.75, 3.05) is 32.6 Å². The number of nitrogens with one attached hydrogen (secondary N) is 1. The van der Waals surface area contributed by atoms with Crippen molar-refractivity contribution in [1.29, 1.82) is 0 Å². The summed E-state index contributed by atoms with van der Waals surface area (Å²) in [4.78, 5) is 14.1. The van der Waals surface area contributed by atoms with E-state index in [0.29, 0.717) is 32.5 Å². The molecule has 0 bridgehead atoms. The number of sulfonamides is 1. The minimum atomic E-state index is -3.20. The van der Waals surface area contributed by atoms with Crippen LogP contribution in [-0.2, 0) is 19.6 Å². The van der Waals surface area contributed by atoms with Crippen LogP contribution >= 0.6 is 0 Å². The lowest BCUT2D eigenvalue weighted by Gasteiger charge is -2.46. The number of ether oxygens (including phenoxy) is 1. The molecule has 0 spiro atoms. The zero-order valence-corrected chi connectivity index (χ0v) is 14.5. The maximum atomic E-state index is 12.2. The topological polar surface area (TPSA) is 75.7 Å². The molecule has 1 N–H and O–H groups in total. The molecule has 1 aliphatic heterocycles. The molecule has 2 atom stereocenters. The summed E-state index contributed by atoms with van der Waals surface area (Å²) in [6.07, 6.45) is 4.92. The van der Waals surface area contributed by atoms with Crippen LogP contribution in [-0.4, -0.2) is 57.8 Å². The molecule has 7 heteroatoms. The second-order valence-electron chi connectivity index (χ2n) is 6.49. The Kier molecular flexibility index (Phi) is 5.85. The van der Waals surface area contributed by atoms with Gasteiger partial charge in [-0.3, -0.25) is 4.79 Å². The van der Waals surface area contributed by atoms with Gasteiger partial charge in [-0.25, -0.2) is 13.1 Å². The summed E-state index contributed by atoms with van der Waals surface area (Å²) >= 11 is 0. The van der Waals surface area contributed by atoms with Gasteiger partial charge in [-0.15, -0.1) is 0 Å². The average molecular weight is 332 g/mol. The Labute approximate surface area is 133 Å². The molecule has 128 valence electrons. The fourth-order valence-corrected chi connectivity index (χ4v) is 5.12. The van der Waals surface area contributed by atoms with Crippen molar-refractivity contribution in [2.24, 2.45) is 5.41 Å². The first kappa shape index (κ1) is 17.7. The number of hydrogen-bond acceptors (Lipinski definition) is 4. The molecule has 1 saturated carbocycles. The van der Waals surface area contributed by atoms with Crippen molar-refractivity contribution < 1.29 is 17.9 Å². The largest absolute Gasteiger partial charge is 0.383 e.